The highest BCUT2D eigenvalue weighted by Gasteiger charge is 2.08. The van der Waals surface area contributed by atoms with Gasteiger partial charge in [-0.2, -0.15) is 0 Å². The van der Waals surface area contributed by atoms with Gasteiger partial charge in [-0.05, 0) is 17.7 Å². The SMILES string of the molecule is Clc1cccc(Cl)c1Cc1nnco1. The predicted molar refractivity (Wildman–Crippen MR) is 53.6 cm³/mol. The molecule has 0 N–H and O–H groups in total. The average molecular weight is 229 g/mol. The number of benzene rings is 1. The van der Waals surface area contributed by atoms with Gasteiger partial charge in [-0.25, -0.2) is 0 Å². The second-order valence-corrected chi connectivity index (χ2v) is 3.52. The van der Waals surface area contributed by atoms with E-state index in [1.807, 2.05) is 0 Å². The fourth-order valence-electron chi connectivity index (χ4n) is 1.13. The smallest absolute Gasteiger partial charge is 0.220 e. The van der Waals surface area contributed by atoms with Crippen LogP contribution >= 0.6 is 23.2 Å². The van der Waals surface area contributed by atoms with Crippen molar-refractivity contribution < 1.29 is 4.42 Å². The molecule has 0 saturated heterocycles. The maximum Gasteiger partial charge on any atom is 0.220 e. The van der Waals surface area contributed by atoms with Gasteiger partial charge in [0.1, 0.15) is 0 Å². The third-order valence-electron chi connectivity index (χ3n) is 1.79. The minimum absolute atomic E-state index is 0.457. The molecule has 0 fully saturated rings. The largest absolute Gasteiger partial charge is 0.428 e. The maximum absolute atomic E-state index is 5.97. The lowest BCUT2D eigenvalue weighted by Crippen LogP contribution is -1.91. The first-order valence-electron chi connectivity index (χ1n) is 3.95. The van der Waals surface area contributed by atoms with Crippen LogP contribution in [-0.4, -0.2) is 10.2 Å². The van der Waals surface area contributed by atoms with E-state index in [0.717, 1.165) is 5.56 Å². The molecule has 1 aromatic carbocycles. The van der Waals surface area contributed by atoms with Gasteiger partial charge in [-0.1, -0.05) is 29.3 Å². The molecule has 3 nitrogen and oxygen atoms in total. The van der Waals surface area contributed by atoms with E-state index in [-0.39, 0.29) is 0 Å². The van der Waals surface area contributed by atoms with Gasteiger partial charge >= 0.3 is 0 Å². The van der Waals surface area contributed by atoms with Crippen molar-refractivity contribution in [2.75, 3.05) is 0 Å². The molecule has 14 heavy (non-hydrogen) atoms. The first-order valence-corrected chi connectivity index (χ1v) is 4.71. The fraction of sp³-hybridized carbons (Fsp3) is 0.111. The van der Waals surface area contributed by atoms with E-state index in [1.54, 1.807) is 18.2 Å². The molecule has 0 saturated carbocycles. The summed E-state index contributed by atoms with van der Waals surface area (Å²) in [7, 11) is 0. The highest BCUT2D eigenvalue weighted by Crippen LogP contribution is 2.26. The zero-order valence-corrected chi connectivity index (χ0v) is 8.59. The Morgan fingerprint density at radius 1 is 1.21 bits per heavy atom. The molecule has 0 atom stereocenters. The predicted octanol–water partition coefficient (Wildman–Crippen LogP) is 2.97. The number of halogens is 2. The van der Waals surface area contributed by atoms with Crippen molar-refractivity contribution in [3.63, 3.8) is 0 Å². The number of hydrogen-bond acceptors (Lipinski definition) is 3. The summed E-state index contributed by atoms with van der Waals surface area (Å²) in [5.74, 6) is 0.500. The Hall–Kier alpha value is -1.06. The van der Waals surface area contributed by atoms with Crippen LogP contribution in [0.2, 0.25) is 10.0 Å². The van der Waals surface area contributed by atoms with Crippen LogP contribution < -0.4 is 0 Å². The van der Waals surface area contributed by atoms with Crippen LogP contribution in [0.3, 0.4) is 0 Å². The van der Waals surface area contributed by atoms with Crippen molar-refractivity contribution in [3.05, 3.63) is 46.1 Å². The van der Waals surface area contributed by atoms with E-state index in [4.69, 9.17) is 27.6 Å². The van der Waals surface area contributed by atoms with Crippen molar-refractivity contribution >= 4 is 23.2 Å². The lowest BCUT2D eigenvalue weighted by atomic mass is 10.1. The standard InChI is InChI=1S/C9H6Cl2N2O/c10-7-2-1-3-8(11)6(7)4-9-13-12-5-14-9/h1-3,5H,4H2. The molecule has 1 aromatic heterocycles. The highest BCUT2D eigenvalue weighted by atomic mass is 35.5. The van der Waals surface area contributed by atoms with Crippen LogP contribution in [0.4, 0.5) is 0 Å². The molecular formula is C9H6Cl2N2O. The van der Waals surface area contributed by atoms with E-state index in [0.29, 0.717) is 22.4 Å². The lowest BCUT2D eigenvalue weighted by molar-refractivity contribution is 0.505. The Morgan fingerprint density at radius 2 is 1.93 bits per heavy atom. The Morgan fingerprint density at radius 3 is 2.50 bits per heavy atom. The average Bonchev–Trinajstić information content (AvgIpc) is 2.64. The first-order chi connectivity index (χ1) is 6.77. The molecule has 0 bridgehead atoms. The molecule has 0 radical (unpaired) electrons. The topological polar surface area (TPSA) is 38.9 Å². The van der Waals surface area contributed by atoms with E-state index < -0.39 is 0 Å². The number of rotatable bonds is 2. The summed E-state index contributed by atoms with van der Waals surface area (Å²) in [5, 5.41) is 8.55. The minimum Gasteiger partial charge on any atom is -0.428 e. The van der Waals surface area contributed by atoms with Gasteiger partial charge in [0, 0.05) is 10.0 Å². The first kappa shape index (κ1) is 9.49. The molecule has 5 heteroatoms. The number of hydrogen-bond donors (Lipinski definition) is 0. The van der Waals surface area contributed by atoms with E-state index in [2.05, 4.69) is 10.2 Å². The highest BCUT2D eigenvalue weighted by molar-refractivity contribution is 6.36. The molecule has 72 valence electrons. The van der Waals surface area contributed by atoms with Crippen molar-refractivity contribution in [2.24, 2.45) is 0 Å². The molecule has 0 amide bonds. The van der Waals surface area contributed by atoms with Crippen LogP contribution in [0.5, 0.6) is 0 Å². The summed E-state index contributed by atoms with van der Waals surface area (Å²) in [6, 6.07) is 5.35. The summed E-state index contributed by atoms with van der Waals surface area (Å²) in [6.07, 6.45) is 1.73. The Labute approximate surface area is 90.7 Å². The van der Waals surface area contributed by atoms with Crippen LogP contribution in [-0.2, 0) is 6.42 Å². The summed E-state index contributed by atoms with van der Waals surface area (Å²) < 4.78 is 5.01. The lowest BCUT2D eigenvalue weighted by Gasteiger charge is -2.02. The monoisotopic (exact) mass is 228 g/mol. The molecule has 0 unspecified atom stereocenters. The van der Waals surface area contributed by atoms with Crippen molar-refractivity contribution in [1.82, 2.24) is 10.2 Å². The zero-order chi connectivity index (χ0) is 9.97. The van der Waals surface area contributed by atoms with Gasteiger partial charge < -0.3 is 4.42 Å². The van der Waals surface area contributed by atoms with Crippen molar-refractivity contribution in [2.45, 2.75) is 6.42 Å². The number of nitrogens with zero attached hydrogens (tertiary/aromatic N) is 2. The van der Waals surface area contributed by atoms with Gasteiger partial charge in [0.25, 0.3) is 0 Å². The molecule has 2 rings (SSSR count). The summed E-state index contributed by atoms with van der Waals surface area (Å²) >= 11 is 11.9. The van der Waals surface area contributed by atoms with Crippen LogP contribution in [0.1, 0.15) is 11.5 Å². The molecule has 0 aliphatic carbocycles. The minimum atomic E-state index is 0.457. The van der Waals surface area contributed by atoms with Gasteiger partial charge in [-0.3, -0.25) is 0 Å². The molecule has 0 aliphatic heterocycles. The second-order valence-electron chi connectivity index (χ2n) is 2.71. The summed E-state index contributed by atoms with van der Waals surface area (Å²) in [4.78, 5) is 0. The van der Waals surface area contributed by atoms with Crippen molar-refractivity contribution in [1.29, 1.82) is 0 Å². The van der Waals surface area contributed by atoms with Crippen LogP contribution in [0.25, 0.3) is 0 Å². The molecular weight excluding hydrogens is 223 g/mol. The quantitative estimate of drug-likeness (QED) is 0.794. The van der Waals surface area contributed by atoms with Crippen molar-refractivity contribution in [3.8, 4) is 0 Å². The van der Waals surface area contributed by atoms with E-state index in [9.17, 15) is 0 Å². The van der Waals surface area contributed by atoms with Crippen LogP contribution in [0.15, 0.2) is 29.0 Å². The van der Waals surface area contributed by atoms with Gasteiger partial charge in [0.15, 0.2) is 0 Å². The second kappa shape index (κ2) is 3.98. The molecule has 0 spiro atoms. The Kier molecular flexibility index (Phi) is 2.70. The zero-order valence-electron chi connectivity index (χ0n) is 7.08. The fourth-order valence-corrected chi connectivity index (χ4v) is 1.66. The van der Waals surface area contributed by atoms with Gasteiger partial charge in [0.05, 0.1) is 6.42 Å². The normalized spacial score (nSPS) is 10.4. The van der Waals surface area contributed by atoms with E-state index >= 15 is 0 Å². The molecule has 0 aliphatic rings. The van der Waals surface area contributed by atoms with E-state index in [1.165, 1.54) is 6.39 Å². The maximum atomic E-state index is 5.97. The summed E-state index contributed by atoms with van der Waals surface area (Å²) in [6.45, 7) is 0. The third kappa shape index (κ3) is 1.89. The summed E-state index contributed by atoms with van der Waals surface area (Å²) in [5.41, 5.74) is 0.806. The van der Waals surface area contributed by atoms with Gasteiger partial charge in [-0.15, -0.1) is 10.2 Å². The molecule has 1 heterocycles. The third-order valence-corrected chi connectivity index (χ3v) is 2.50. The van der Waals surface area contributed by atoms with Gasteiger partial charge in [0.2, 0.25) is 12.3 Å². The Balaban J connectivity index is 2.33. The van der Waals surface area contributed by atoms with Crippen LogP contribution in [0, 0.1) is 0 Å². The number of aromatic nitrogens is 2. The Bertz CT molecular complexity index is 408. The molecule has 2 aromatic rings.